The summed E-state index contributed by atoms with van der Waals surface area (Å²) in [5, 5.41) is 24.3. The van der Waals surface area contributed by atoms with Crippen molar-refractivity contribution in [3.8, 4) is 56.6 Å². The van der Waals surface area contributed by atoms with Crippen LogP contribution in [0.25, 0.3) is 71.6 Å². The first-order valence-electron chi connectivity index (χ1n) is 12.9. The van der Waals surface area contributed by atoms with Crippen molar-refractivity contribution < 1.29 is 13.2 Å². The zero-order valence-electron chi connectivity index (χ0n) is 21.3. The number of hydrogen-bond donors (Lipinski definition) is 0. The molecule has 5 aromatic carbocycles. The molecule has 0 unspecified atom stereocenters. The summed E-state index contributed by atoms with van der Waals surface area (Å²) < 4.78 is 41.8. The van der Waals surface area contributed by atoms with Crippen molar-refractivity contribution in [3.05, 3.63) is 126 Å². The van der Waals surface area contributed by atoms with Crippen LogP contribution in [0.2, 0.25) is 0 Å². The number of fused-ring (bicyclic) bond motifs is 3. The Morgan fingerprint density at radius 2 is 0.902 bits per heavy atom. The van der Waals surface area contributed by atoms with E-state index < -0.39 is 11.6 Å². The minimum absolute atomic E-state index is 0.0882. The van der Waals surface area contributed by atoms with Crippen LogP contribution in [-0.2, 0) is 0 Å². The first-order valence-corrected chi connectivity index (χ1v) is 12.9. The molecule has 0 fully saturated rings. The van der Waals surface area contributed by atoms with Crippen LogP contribution in [0, 0.1) is 40.1 Å². The topological polar surface area (TPSA) is 47.6 Å². The number of rotatable bonds is 3. The third kappa shape index (κ3) is 3.64. The largest absolute Gasteiger partial charge is 0.207 e. The highest BCUT2D eigenvalue weighted by Gasteiger charge is 2.30. The summed E-state index contributed by atoms with van der Waals surface area (Å²) in [7, 11) is 0. The molecule has 2 aliphatic carbocycles. The monoisotopic (exact) mass is 534 g/mol. The van der Waals surface area contributed by atoms with Gasteiger partial charge in [0, 0.05) is 16.3 Å². The van der Waals surface area contributed by atoms with E-state index in [4.69, 9.17) is 0 Å². The minimum atomic E-state index is -0.406. The van der Waals surface area contributed by atoms with Crippen molar-refractivity contribution in [1.82, 2.24) is 0 Å². The highest BCUT2D eigenvalue weighted by molar-refractivity contribution is 6.31. The van der Waals surface area contributed by atoms with Crippen LogP contribution in [-0.4, -0.2) is 0 Å². The molecule has 0 bridgehead atoms. The molecule has 0 radical (unpaired) electrons. The van der Waals surface area contributed by atoms with E-state index in [1.807, 2.05) is 30.3 Å². The van der Waals surface area contributed by atoms with E-state index >= 15 is 0 Å². The SMILES string of the molecule is N#CC(C#N)=c1c(-c2ccc(F)cc2)c2c3cccc4c(-c5ccc(F)cc5)ccc(c-2c1-c1ccc(F)cc1)c43. The van der Waals surface area contributed by atoms with E-state index in [1.54, 1.807) is 36.4 Å². The Bertz CT molecular complexity index is 2120. The Hall–Kier alpha value is -5.65. The van der Waals surface area contributed by atoms with Crippen molar-refractivity contribution >= 4 is 27.1 Å². The van der Waals surface area contributed by atoms with Crippen molar-refractivity contribution in [1.29, 1.82) is 10.5 Å². The van der Waals surface area contributed by atoms with Crippen molar-refractivity contribution in [3.63, 3.8) is 0 Å². The lowest BCUT2D eigenvalue weighted by atomic mass is 9.94. The molecule has 0 aliphatic heterocycles. The normalized spacial score (nSPS) is 11.2. The third-order valence-corrected chi connectivity index (χ3v) is 7.72. The first kappa shape index (κ1) is 24.4. The lowest BCUT2D eigenvalue weighted by Crippen LogP contribution is -2.09. The average molecular weight is 535 g/mol. The second kappa shape index (κ2) is 9.23. The molecule has 2 aliphatic rings. The fourth-order valence-corrected chi connectivity index (χ4v) is 6.07. The third-order valence-electron chi connectivity index (χ3n) is 7.72. The lowest BCUT2D eigenvalue weighted by Gasteiger charge is -2.09. The predicted octanol–water partition coefficient (Wildman–Crippen LogP) is 8.87. The summed E-state index contributed by atoms with van der Waals surface area (Å²) in [6, 6.07) is 32.4. The maximum atomic E-state index is 14.0. The summed E-state index contributed by atoms with van der Waals surface area (Å²) in [5.41, 5.74) is 5.95. The van der Waals surface area contributed by atoms with Crippen molar-refractivity contribution in [2.45, 2.75) is 0 Å². The van der Waals surface area contributed by atoms with Gasteiger partial charge in [-0.2, -0.15) is 10.5 Å². The van der Waals surface area contributed by atoms with Crippen LogP contribution >= 0.6 is 0 Å². The number of hydrogen-bond acceptors (Lipinski definition) is 2. The first-order chi connectivity index (χ1) is 20.0. The number of benzene rings is 5. The van der Waals surface area contributed by atoms with Gasteiger partial charge in [0.2, 0.25) is 0 Å². The summed E-state index contributed by atoms with van der Waals surface area (Å²) in [5.74, 6) is -1.13. The molecular weight excluding hydrogens is 517 g/mol. The van der Waals surface area contributed by atoms with Gasteiger partial charge < -0.3 is 0 Å². The molecule has 0 heterocycles. The Balaban J connectivity index is 1.73. The molecular formula is C36H17F3N2. The molecule has 2 nitrogen and oxygen atoms in total. The average Bonchev–Trinajstić information content (AvgIpc) is 3.50. The minimum Gasteiger partial charge on any atom is -0.207 e. The molecule has 192 valence electrons. The Morgan fingerprint density at radius 1 is 0.463 bits per heavy atom. The molecule has 7 rings (SSSR count). The zero-order valence-corrected chi connectivity index (χ0v) is 21.3. The summed E-state index contributed by atoms with van der Waals surface area (Å²) in [6.07, 6.45) is 0. The molecule has 0 aromatic heterocycles. The van der Waals surface area contributed by atoms with Gasteiger partial charge in [-0.15, -0.1) is 0 Å². The Kier molecular flexibility index (Phi) is 5.49. The van der Waals surface area contributed by atoms with Crippen LogP contribution in [0.1, 0.15) is 0 Å². The molecule has 5 heteroatoms. The van der Waals surface area contributed by atoms with Gasteiger partial charge in [0.25, 0.3) is 0 Å². The fourth-order valence-electron chi connectivity index (χ4n) is 6.07. The second-order valence-corrected chi connectivity index (χ2v) is 9.88. The van der Waals surface area contributed by atoms with E-state index in [-0.39, 0.29) is 11.4 Å². The highest BCUT2D eigenvalue weighted by Crippen LogP contribution is 2.52. The van der Waals surface area contributed by atoms with Gasteiger partial charge in [0.1, 0.15) is 35.2 Å². The van der Waals surface area contributed by atoms with Gasteiger partial charge in [-0.3, -0.25) is 0 Å². The quantitative estimate of drug-likeness (QED) is 0.227. The summed E-state index contributed by atoms with van der Waals surface area (Å²) in [4.78, 5) is 0. The molecule has 41 heavy (non-hydrogen) atoms. The summed E-state index contributed by atoms with van der Waals surface area (Å²) in [6.45, 7) is 0. The van der Waals surface area contributed by atoms with E-state index in [0.29, 0.717) is 27.5 Å². The highest BCUT2D eigenvalue weighted by atomic mass is 19.1. The van der Waals surface area contributed by atoms with Gasteiger partial charge in [0.05, 0.1) is 0 Å². The van der Waals surface area contributed by atoms with Crippen LogP contribution in [0.15, 0.2) is 103 Å². The van der Waals surface area contributed by atoms with E-state index in [9.17, 15) is 23.7 Å². The molecule has 0 spiro atoms. The van der Waals surface area contributed by atoms with Gasteiger partial charge >= 0.3 is 0 Å². The van der Waals surface area contributed by atoms with Crippen LogP contribution in [0.5, 0.6) is 0 Å². The second-order valence-electron chi connectivity index (χ2n) is 9.88. The Morgan fingerprint density at radius 3 is 1.39 bits per heavy atom. The lowest BCUT2D eigenvalue weighted by molar-refractivity contribution is 0.627. The van der Waals surface area contributed by atoms with E-state index in [2.05, 4.69) is 12.1 Å². The molecule has 0 atom stereocenters. The van der Waals surface area contributed by atoms with E-state index in [1.165, 1.54) is 36.4 Å². The van der Waals surface area contributed by atoms with Gasteiger partial charge in [-0.25, -0.2) is 13.2 Å². The molecule has 0 saturated heterocycles. The van der Waals surface area contributed by atoms with Crippen molar-refractivity contribution in [2.75, 3.05) is 0 Å². The van der Waals surface area contributed by atoms with Gasteiger partial charge in [-0.1, -0.05) is 66.7 Å². The molecule has 0 saturated carbocycles. The standard InChI is InChI=1S/C36H17F3N2/c37-24-10-4-20(5-11-24)27-16-17-30-34-28(27)2-1-3-29(34)35-31(21-6-12-25(38)13-7-21)33(23(18-40)19-41)32(36(30)35)22-8-14-26(39)15-9-22/h1-17H. The maximum absolute atomic E-state index is 14.0. The van der Waals surface area contributed by atoms with Crippen LogP contribution in [0.4, 0.5) is 13.2 Å². The fraction of sp³-hybridized carbons (Fsp3) is 0. The predicted molar refractivity (Wildman–Crippen MR) is 155 cm³/mol. The number of nitriles is 2. The van der Waals surface area contributed by atoms with Crippen LogP contribution < -0.4 is 5.22 Å². The number of nitrogens with zero attached hydrogens (tertiary/aromatic N) is 2. The molecule has 0 amide bonds. The zero-order chi connectivity index (χ0) is 28.2. The van der Waals surface area contributed by atoms with E-state index in [0.717, 1.165) is 43.8 Å². The Labute approximate surface area is 233 Å². The smallest absolute Gasteiger partial charge is 0.138 e. The van der Waals surface area contributed by atoms with Crippen LogP contribution in [0.3, 0.4) is 0 Å². The molecule has 5 aromatic rings. The number of halogens is 3. The molecule has 0 N–H and O–H groups in total. The maximum Gasteiger partial charge on any atom is 0.138 e. The van der Waals surface area contributed by atoms with Crippen molar-refractivity contribution in [2.24, 2.45) is 0 Å². The van der Waals surface area contributed by atoms with Gasteiger partial charge in [0.15, 0.2) is 0 Å². The summed E-state index contributed by atoms with van der Waals surface area (Å²) >= 11 is 0. The van der Waals surface area contributed by atoms with Gasteiger partial charge in [-0.05, 0) is 91.3 Å².